The summed E-state index contributed by atoms with van der Waals surface area (Å²) in [7, 11) is 1.67. The van der Waals surface area contributed by atoms with Crippen molar-refractivity contribution in [1.82, 2.24) is 14.9 Å². The van der Waals surface area contributed by atoms with Crippen molar-refractivity contribution in [3.05, 3.63) is 90.8 Å². The molecule has 1 aliphatic heterocycles. The van der Waals surface area contributed by atoms with Gasteiger partial charge in [0.05, 0.1) is 23.8 Å². The third kappa shape index (κ3) is 4.85. The van der Waals surface area contributed by atoms with E-state index in [0.717, 1.165) is 79.5 Å². The zero-order valence-corrected chi connectivity index (χ0v) is 21.2. The van der Waals surface area contributed by atoms with E-state index in [0.29, 0.717) is 0 Å². The standard InChI is InChI=1S/C31H32N4O2/c1-36-28-12-4-5-13-29(28)37-27-11-3-2-10-26(27)35-20-18-34(19-21-35)17-7-9-24-22-33-31-25(24)15-14-23-8-6-16-32-30(23)31/h2-6,8,10-16,22,33H,7,9,17-21H2,1H3. The molecule has 0 atom stereocenters. The molecule has 1 fully saturated rings. The quantitative estimate of drug-likeness (QED) is 0.277. The fourth-order valence-electron chi connectivity index (χ4n) is 5.33. The van der Waals surface area contributed by atoms with Crippen LogP contribution in [0.1, 0.15) is 12.0 Å². The molecule has 0 aliphatic carbocycles. The molecule has 188 valence electrons. The van der Waals surface area contributed by atoms with Crippen molar-refractivity contribution in [3.8, 4) is 17.2 Å². The highest BCUT2D eigenvalue weighted by molar-refractivity contribution is 6.04. The Morgan fingerprint density at radius 3 is 2.46 bits per heavy atom. The number of methoxy groups -OCH3 is 1. The van der Waals surface area contributed by atoms with Gasteiger partial charge < -0.3 is 19.4 Å². The van der Waals surface area contributed by atoms with Crippen LogP contribution in [0.2, 0.25) is 0 Å². The maximum absolute atomic E-state index is 6.29. The van der Waals surface area contributed by atoms with E-state index in [2.05, 4.69) is 56.3 Å². The highest BCUT2D eigenvalue weighted by Gasteiger charge is 2.20. The number of fused-ring (bicyclic) bond motifs is 3. The average Bonchev–Trinajstić information content (AvgIpc) is 3.38. The number of anilines is 1. The molecule has 1 saturated heterocycles. The molecule has 6 heteroatoms. The number of aromatic amines is 1. The van der Waals surface area contributed by atoms with Crippen LogP contribution in [0.25, 0.3) is 21.8 Å². The minimum atomic E-state index is 0.733. The van der Waals surface area contributed by atoms with Gasteiger partial charge in [0.1, 0.15) is 0 Å². The molecule has 0 amide bonds. The van der Waals surface area contributed by atoms with Crippen molar-refractivity contribution in [3.63, 3.8) is 0 Å². The lowest BCUT2D eigenvalue weighted by molar-refractivity contribution is 0.254. The van der Waals surface area contributed by atoms with Gasteiger partial charge in [-0.3, -0.25) is 9.88 Å². The first kappa shape index (κ1) is 23.4. The van der Waals surface area contributed by atoms with Gasteiger partial charge in [0.15, 0.2) is 17.2 Å². The van der Waals surface area contributed by atoms with Crippen LogP contribution in [-0.2, 0) is 6.42 Å². The largest absolute Gasteiger partial charge is 0.493 e. The lowest BCUT2D eigenvalue weighted by atomic mass is 10.1. The summed E-state index contributed by atoms with van der Waals surface area (Å²) in [6.45, 7) is 5.16. The Kier molecular flexibility index (Phi) is 6.65. The van der Waals surface area contributed by atoms with Crippen LogP contribution < -0.4 is 14.4 Å². The van der Waals surface area contributed by atoms with E-state index >= 15 is 0 Å². The number of pyridine rings is 1. The molecule has 1 N–H and O–H groups in total. The highest BCUT2D eigenvalue weighted by Crippen LogP contribution is 2.36. The molecule has 1 aliphatic rings. The first-order valence-corrected chi connectivity index (χ1v) is 13.0. The van der Waals surface area contributed by atoms with Gasteiger partial charge in [-0.05, 0) is 55.3 Å². The number of para-hydroxylation sites is 4. The van der Waals surface area contributed by atoms with Crippen molar-refractivity contribution in [2.45, 2.75) is 12.8 Å². The molecular formula is C31H32N4O2. The number of benzene rings is 3. The summed E-state index contributed by atoms with van der Waals surface area (Å²) in [5, 5.41) is 2.47. The smallest absolute Gasteiger partial charge is 0.169 e. The Morgan fingerprint density at radius 1 is 0.838 bits per heavy atom. The maximum Gasteiger partial charge on any atom is 0.169 e. The fraction of sp³-hybridized carbons (Fsp3) is 0.258. The summed E-state index contributed by atoms with van der Waals surface area (Å²) >= 11 is 0. The molecule has 3 heterocycles. The number of rotatable bonds is 8. The van der Waals surface area contributed by atoms with E-state index in [1.165, 1.54) is 16.3 Å². The second-order valence-electron chi connectivity index (χ2n) is 9.53. The van der Waals surface area contributed by atoms with Gasteiger partial charge in [-0.2, -0.15) is 0 Å². The summed E-state index contributed by atoms with van der Waals surface area (Å²) in [6, 6.07) is 24.6. The molecule has 2 aromatic heterocycles. The number of hydrogen-bond acceptors (Lipinski definition) is 5. The molecule has 6 rings (SSSR count). The van der Waals surface area contributed by atoms with Crippen LogP contribution >= 0.6 is 0 Å². The Morgan fingerprint density at radius 2 is 1.62 bits per heavy atom. The number of aromatic nitrogens is 2. The van der Waals surface area contributed by atoms with E-state index in [-0.39, 0.29) is 0 Å². The number of piperazine rings is 1. The number of H-pyrrole nitrogens is 1. The van der Waals surface area contributed by atoms with Crippen LogP contribution in [-0.4, -0.2) is 54.7 Å². The summed E-state index contributed by atoms with van der Waals surface area (Å²) in [5.41, 5.74) is 4.71. The molecule has 0 bridgehead atoms. The van der Waals surface area contributed by atoms with Crippen molar-refractivity contribution >= 4 is 27.5 Å². The van der Waals surface area contributed by atoms with Crippen LogP contribution in [0.4, 0.5) is 5.69 Å². The van der Waals surface area contributed by atoms with Gasteiger partial charge in [-0.15, -0.1) is 0 Å². The minimum absolute atomic E-state index is 0.733. The molecular weight excluding hydrogens is 460 g/mol. The van der Waals surface area contributed by atoms with Crippen molar-refractivity contribution in [2.24, 2.45) is 0 Å². The van der Waals surface area contributed by atoms with E-state index in [9.17, 15) is 0 Å². The predicted octanol–water partition coefficient (Wildman–Crippen LogP) is 6.27. The summed E-state index contributed by atoms with van der Waals surface area (Å²) in [6.07, 6.45) is 6.23. The zero-order chi connectivity index (χ0) is 25.0. The Balaban J connectivity index is 1.06. The Hall–Kier alpha value is -4.03. The second-order valence-corrected chi connectivity index (χ2v) is 9.53. The summed E-state index contributed by atoms with van der Waals surface area (Å²) < 4.78 is 11.8. The molecule has 0 saturated carbocycles. The molecule has 0 radical (unpaired) electrons. The van der Waals surface area contributed by atoms with Crippen LogP contribution in [0.5, 0.6) is 17.2 Å². The van der Waals surface area contributed by atoms with E-state index < -0.39 is 0 Å². The van der Waals surface area contributed by atoms with Crippen LogP contribution in [0.15, 0.2) is 85.2 Å². The van der Waals surface area contributed by atoms with Gasteiger partial charge in [-0.1, -0.05) is 42.5 Å². The van der Waals surface area contributed by atoms with Crippen molar-refractivity contribution in [2.75, 3.05) is 44.7 Å². The first-order chi connectivity index (χ1) is 18.3. The van der Waals surface area contributed by atoms with E-state index in [4.69, 9.17) is 9.47 Å². The highest BCUT2D eigenvalue weighted by atomic mass is 16.5. The average molecular weight is 493 g/mol. The third-order valence-electron chi connectivity index (χ3n) is 7.30. The normalized spacial score (nSPS) is 14.4. The second kappa shape index (κ2) is 10.5. The van der Waals surface area contributed by atoms with Gasteiger partial charge in [0, 0.05) is 49.3 Å². The number of nitrogens with one attached hydrogen (secondary N) is 1. The molecule has 0 spiro atoms. The maximum atomic E-state index is 6.29. The predicted molar refractivity (Wildman–Crippen MR) is 150 cm³/mol. The van der Waals surface area contributed by atoms with Crippen LogP contribution in [0, 0.1) is 0 Å². The van der Waals surface area contributed by atoms with Gasteiger partial charge in [0.25, 0.3) is 0 Å². The summed E-state index contributed by atoms with van der Waals surface area (Å²) in [4.78, 5) is 13.1. The Labute approximate surface area is 217 Å². The molecule has 6 nitrogen and oxygen atoms in total. The number of ether oxygens (including phenoxy) is 2. The topological polar surface area (TPSA) is 53.6 Å². The van der Waals surface area contributed by atoms with Gasteiger partial charge in [-0.25, -0.2) is 0 Å². The molecule has 3 aromatic carbocycles. The van der Waals surface area contributed by atoms with Crippen molar-refractivity contribution < 1.29 is 9.47 Å². The number of hydrogen-bond donors (Lipinski definition) is 1. The number of aryl methyl sites for hydroxylation is 1. The monoisotopic (exact) mass is 492 g/mol. The Bertz CT molecular complexity index is 1500. The third-order valence-corrected chi connectivity index (χ3v) is 7.30. The molecule has 0 unspecified atom stereocenters. The van der Waals surface area contributed by atoms with E-state index in [1.54, 1.807) is 7.11 Å². The lowest BCUT2D eigenvalue weighted by Crippen LogP contribution is -2.46. The first-order valence-electron chi connectivity index (χ1n) is 13.0. The van der Waals surface area contributed by atoms with E-state index in [1.807, 2.05) is 48.7 Å². The minimum Gasteiger partial charge on any atom is -0.493 e. The zero-order valence-electron chi connectivity index (χ0n) is 21.2. The lowest BCUT2D eigenvalue weighted by Gasteiger charge is -2.36. The van der Waals surface area contributed by atoms with Crippen molar-refractivity contribution in [1.29, 1.82) is 0 Å². The summed E-state index contributed by atoms with van der Waals surface area (Å²) in [5.74, 6) is 2.33. The number of nitrogens with zero attached hydrogens (tertiary/aromatic N) is 3. The molecule has 37 heavy (non-hydrogen) atoms. The van der Waals surface area contributed by atoms with Gasteiger partial charge >= 0.3 is 0 Å². The SMILES string of the molecule is COc1ccccc1Oc1ccccc1N1CCN(CCCc2c[nH]c3c2ccc2cccnc23)CC1. The van der Waals surface area contributed by atoms with Gasteiger partial charge in [0.2, 0.25) is 0 Å². The molecule has 5 aromatic rings. The fourth-order valence-corrected chi connectivity index (χ4v) is 5.33. The van der Waals surface area contributed by atoms with Crippen LogP contribution in [0.3, 0.4) is 0 Å².